The highest BCUT2D eigenvalue weighted by molar-refractivity contribution is 6.30. The molecule has 0 spiro atoms. The van der Waals surface area contributed by atoms with Crippen LogP contribution in [0.1, 0.15) is 41.7 Å². The van der Waals surface area contributed by atoms with E-state index in [1.54, 1.807) is 6.07 Å². The molecule has 2 atom stereocenters. The van der Waals surface area contributed by atoms with Gasteiger partial charge < -0.3 is 20.8 Å². The van der Waals surface area contributed by atoms with Gasteiger partial charge in [0, 0.05) is 28.5 Å². The van der Waals surface area contributed by atoms with Gasteiger partial charge in [0.1, 0.15) is 11.4 Å². The normalized spacial score (nSPS) is 19.1. The largest absolute Gasteiger partial charge is 0.508 e. The number of phenolic OH excluding ortho intramolecular Hbond substituents is 1. The highest BCUT2D eigenvalue weighted by atomic mass is 35.5. The van der Waals surface area contributed by atoms with Crippen LogP contribution in [0.15, 0.2) is 36.5 Å². The van der Waals surface area contributed by atoms with Crippen LogP contribution >= 0.6 is 11.6 Å². The lowest BCUT2D eigenvalue weighted by Crippen LogP contribution is -2.40. The Morgan fingerprint density at radius 1 is 1.21 bits per heavy atom. The summed E-state index contributed by atoms with van der Waals surface area (Å²) in [6.45, 7) is 0. The van der Waals surface area contributed by atoms with Crippen molar-refractivity contribution in [3.8, 4) is 5.75 Å². The van der Waals surface area contributed by atoms with Crippen LogP contribution < -0.4 is 10.6 Å². The van der Waals surface area contributed by atoms with Gasteiger partial charge in [0.15, 0.2) is 0 Å². The zero-order valence-corrected chi connectivity index (χ0v) is 15.9. The van der Waals surface area contributed by atoms with Gasteiger partial charge in [0.2, 0.25) is 5.91 Å². The molecule has 2 unspecified atom stereocenters. The molecule has 1 fully saturated rings. The second kappa shape index (κ2) is 9.03. The summed E-state index contributed by atoms with van der Waals surface area (Å²) in [5.74, 6) is -0.711. The number of aliphatic hydroxyl groups is 1. The van der Waals surface area contributed by atoms with Crippen LogP contribution in [0.25, 0.3) is 0 Å². The molecule has 0 radical (unpaired) electrons. The van der Waals surface area contributed by atoms with Crippen molar-refractivity contribution < 1.29 is 19.8 Å². The fraction of sp³-hybridized carbons (Fsp3) is 0.350. The number of amides is 2. The van der Waals surface area contributed by atoms with Crippen molar-refractivity contribution in [2.45, 2.75) is 44.2 Å². The van der Waals surface area contributed by atoms with Gasteiger partial charge in [-0.25, -0.2) is 0 Å². The summed E-state index contributed by atoms with van der Waals surface area (Å²) in [5, 5.41) is 25.5. The van der Waals surface area contributed by atoms with Crippen LogP contribution in [0.2, 0.25) is 5.02 Å². The van der Waals surface area contributed by atoms with E-state index in [1.165, 1.54) is 30.5 Å². The topological polar surface area (TPSA) is 112 Å². The molecule has 3 rings (SSSR count). The number of carbonyl (C=O) groups excluding carboxylic acids is 2. The molecule has 28 heavy (non-hydrogen) atoms. The SMILES string of the molecule is O=C(Cc1cc(Cl)ccc1O)Nc1ccnc(C(=O)NC2CCCC(O)C2)c1. The highest BCUT2D eigenvalue weighted by Gasteiger charge is 2.22. The fourth-order valence-electron chi connectivity index (χ4n) is 3.26. The lowest BCUT2D eigenvalue weighted by Gasteiger charge is -2.26. The Hall–Kier alpha value is -2.64. The predicted molar refractivity (Wildman–Crippen MR) is 105 cm³/mol. The number of anilines is 1. The van der Waals surface area contributed by atoms with Gasteiger partial charge in [-0.15, -0.1) is 0 Å². The molecule has 0 aliphatic heterocycles. The third-order valence-electron chi connectivity index (χ3n) is 4.65. The van der Waals surface area contributed by atoms with E-state index in [-0.39, 0.29) is 41.8 Å². The van der Waals surface area contributed by atoms with Crippen molar-refractivity contribution in [3.05, 3.63) is 52.8 Å². The number of aromatic nitrogens is 1. The van der Waals surface area contributed by atoms with Gasteiger partial charge in [0.25, 0.3) is 5.91 Å². The van der Waals surface area contributed by atoms with Crippen molar-refractivity contribution in [2.75, 3.05) is 5.32 Å². The molecule has 8 heteroatoms. The molecule has 1 aliphatic rings. The summed E-state index contributed by atoms with van der Waals surface area (Å²) >= 11 is 5.89. The highest BCUT2D eigenvalue weighted by Crippen LogP contribution is 2.22. The van der Waals surface area contributed by atoms with Crippen LogP contribution in [0.5, 0.6) is 5.75 Å². The van der Waals surface area contributed by atoms with Crippen LogP contribution in [-0.4, -0.2) is 39.2 Å². The minimum Gasteiger partial charge on any atom is -0.508 e. The maximum Gasteiger partial charge on any atom is 0.270 e. The fourth-order valence-corrected chi connectivity index (χ4v) is 3.46. The minimum absolute atomic E-state index is 0.0102. The third kappa shape index (κ3) is 5.43. The maximum atomic E-state index is 12.4. The average Bonchev–Trinajstić information content (AvgIpc) is 2.65. The molecular weight excluding hydrogens is 382 g/mol. The van der Waals surface area contributed by atoms with E-state index in [0.29, 0.717) is 22.7 Å². The van der Waals surface area contributed by atoms with Crippen molar-refractivity contribution in [2.24, 2.45) is 0 Å². The van der Waals surface area contributed by atoms with E-state index in [9.17, 15) is 19.8 Å². The summed E-state index contributed by atoms with van der Waals surface area (Å²) in [7, 11) is 0. The first kappa shape index (κ1) is 20.1. The first-order chi connectivity index (χ1) is 13.4. The van der Waals surface area contributed by atoms with E-state index < -0.39 is 0 Å². The monoisotopic (exact) mass is 403 g/mol. The molecule has 2 amide bonds. The van der Waals surface area contributed by atoms with Crippen molar-refractivity contribution >= 4 is 29.1 Å². The summed E-state index contributed by atoms with van der Waals surface area (Å²) in [4.78, 5) is 28.7. The zero-order chi connectivity index (χ0) is 20.1. The lowest BCUT2D eigenvalue weighted by molar-refractivity contribution is -0.115. The Labute approximate surface area is 167 Å². The first-order valence-corrected chi connectivity index (χ1v) is 9.50. The number of hydrogen-bond donors (Lipinski definition) is 4. The maximum absolute atomic E-state index is 12.4. The number of nitrogens with zero attached hydrogens (tertiary/aromatic N) is 1. The molecule has 4 N–H and O–H groups in total. The Bertz CT molecular complexity index is 874. The number of benzene rings is 1. The molecule has 7 nitrogen and oxygen atoms in total. The van der Waals surface area contributed by atoms with Gasteiger partial charge in [-0.05, 0) is 56.0 Å². The molecule has 0 saturated heterocycles. The Morgan fingerprint density at radius 2 is 2.04 bits per heavy atom. The molecule has 2 aromatic rings. The second-order valence-electron chi connectivity index (χ2n) is 6.92. The molecule has 1 aliphatic carbocycles. The van der Waals surface area contributed by atoms with E-state index in [4.69, 9.17) is 11.6 Å². The number of rotatable bonds is 5. The van der Waals surface area contributed by atoms with Gasteiger partial charge >= 0.3 is 0 Å². The predicted octanol–water partition coefficient (Wildman–Crippen LogP) is 2.66. The van der Waals surface area contributed by atoms with Crippen LogP contribution in [0.4, 0.5) is 5.69 Å². The Balaban J connectivity index is 1.61. The number of pyridine rings is 1. The smallest absolute Gasteiger partial charge is 0.270 e. The van der Waals surface area contributed by atoms with E-state index in [1.807, 2.05) is 0 Å². The standard InChI is InChI=1S/C20H22ClN3O4/c21-13-4-5-18(26)12(8-13)9-19(27)23-15-6-7-22-17(11-15)20(28)24-14-2-1-3-16(25)10-14/h4-8,11,14,16,25-26H,1-3,9-10H2,(H,24,28)(H,22,23,27). The second-order valence-corrected chi connectivity index (χ2v) is 7.35. The van der Waals surface area contributed by atoms with Crippen LogP contribution in [0, 0.1) is 0 Å². The minimum atomic E-state index is -0.388. The summed E-state index contributed by atoms with van der Waals surface area (Å²) in [6.07, 6.45) is 3.97. The molecule has 0 bridgehead atoms. The zero-order valence-electron chi connectivity index (χ0n) is 15.2. The summed E-state index contributed by atoms with van der Waals surface area (Å²) in [6, 6.07) is 7.49. The number of phenols is 1. The third-order valence-corrected chi connectivity index (χ3v) is 4.89. The van der Waals surface area contributed by atoms with Gasteiger partial charge in [0.05, 0.1) is 12.5 Å². The number of halogens is 1. The quantitative estimate of drug-likeness (QED) is 0.613. The number of carbonyl (C=O) groups is 2. The molecule has 1 saturated carbocycles. The van der Waals surface area contributed by atoms with Crippen molar-refractivity contribution in [1.82, 2.24) is 10.3 Å². The number of aliphatic hydroxyl groups excluding tert-OH is 1. The molecule has 1 aromatic heterocycles. The summed E-state index contributed by atoms with van der Waals surface area (Å²) in [5.41, 5.74) is 1.02. The number of aromatic hydroxyl groups is 1. The Morgan fingerprint density at radius 3 is 2.82 bits per heavy atom. The molecule has 148 valence electrons. The first-order valence-electron chi connectivity index (χ1n) is 9.13. The Kier molecular flexibility index (Phi) is 6.49. The molecule has 1 heterocycles. The van der Waals surface area contributed by atoms with Gasteiger partial charge in [-0.1, -0.05) is 11.6 Å². The van der Waals surface area contributed by atoms with Crippen LogP contribution in [0.3, 0.4) is 0 Å². The lowest BCUT2D eigenvalue weighted by atomic mass is 9.93. The van der Waals surface area contributed by atoms with E-state index in [0.717, 1.165) is 19.3 Å². The number of hydrogen-bond acceptors (Lipinski definition) is 5. The molecular formula is C20H22ClN3O4. The number of nitrogens with one attached hydrogen (secondary N) is 2. The molecule has 1 aromatic carbocycles. The van der Waals surface area contributed by atoms with Crippen molar-refractivity contribution in [1.29, 1.82) is 0 Å². The van der Waals surface area contributed by atoms with Crippen LogP contribution in [-0.2, 0) is 11.2 Å². The van der Waals surface area contributed by atoms with E-state index >= 15 is 0 Å². The van der Waals surface area contributed by atoms with Gasteiger partial charge in [-0.2, -0.15) is 0 Å². The average molecular weight is 404 g/mol. The van der Waals surface area contributed by atoms with Gasteiger partial charge in [-0.3, -0.25) is 14.6 Å². The van der Waals surface area contributed by atoms with Crippen molar-refractivity contribution in [3.63, 3.8) is 0 Å². The van der Waals surface area contributed by atoms with E-state index in [2.05, 4.69) is 15.6 Å². The summed E-state index contributed by atoms with van der Waals surface area (Å²) < 4.78 is 0.